The maximum atomic E-state index is 14.7. The number of rotatable bonds is 6. The highest BCUT2D eigenvalue weighted by Gasteiger charge is 2.48. The zero-order valence-electron chi connectivity index (χ0n) is 17.8. The van der Waals surface area contributed by atoms with Crippen LogP contribution >= 0.6 is 11.8 Å². The lowest BCUT2D eigenvalue weighted by atomic mass is 10.00. The van der Waals surface area contributed by atoms with Crippen molar-refractivity contribution < 1.29 is 8.78 Å². The molecule has 1 aromatic heterocycles. The number of nitrogens with zero attached hydrogens (tertiary/aromatic N) is 4. The number of anilines is 1. The van der Waals surface area contributed by atoms with E-state index in [1.165, 1.54) is 17.8 Å². The molecule has 0 aliphatic carbocycles. The molecule has 0 spiro atoms. The molecule has 4 rings (SSSR count). The lowest BCUT2D eigenvalue weighted by Crippen LogP contribution is -2.39. The van der Waals surface area contributed by atoms with Gasteiger partial charge in [0.1, 0.15) is 27.4 Å². The molecule has 0 radical (unpaired) electrons. The van der Waals surface area contributed by atoms with Crippen LogP contribution in [0.2, 0.25) is 0 Å². The number of halogens is 2. The number of benzene rings is 2. The predicted octanol–water partition coefficient (Wildman–Crippen LogP) is 4.82. The smallest absolute Gasteiger partial charge is 0.154 e. The topological polar surface area (TPSA) is 59.4 Å². The van der Waals surface area contributed by atoms with Crippen LogP contribution in [0, 0.1) is 25.5 Å². The van der Waals surface area contributed by atoms with Gasteiger partial charge in [-0.3, -0.25) is 0 Å². The van der Waals surface area contributed by atoms with Gasteiger partial charge in [0.15, 0.2) is 5.82 Å². The summed E-state index contributed by atoms with van der Waals surface area (Å²) in [5.41, 5.74) is 7.87. The summed E-state index contributed by atoms with van der Waals surface area (Å²) in [5, 5.41) is 7.19. The molecule has 31 heavy (non-hydrogen) atoms. The highest BCUT2D eigenvalue weighted by molar-refractivity contribution is 8.15. The van der Waals surface area contributed by atoms with Gasteiger partial charge in [0.05, 0.1) is 5.69 Å². The lowest BCUT2D eigenvalue weighted by Gasteiger charge is -2.37. The molecule has 0 saturated carbocycles. The molecule has 0 saturated heterocycles. The average molecular weight is 442 g/mol. The van der Waals surface area contributed by atoms with Gasteiger partial charge in [-0.05, 0) is 57.0 Å². The Kier molecular flexibility index (Phi) is 5.85. The van der Waals surface area contributed by atoms with Gasteiger partial charge >= 0.3 is 0 Å². The first kappa shape index (κ1) is 21.5. The molecule has 2 aromatic carbocycles. The first-order chi connectivity index (χ1) is 14.9. The van der Waals surface area contributed by atoms with Crippen LogP contribution in [0.15, 0.2) is 53.6 Å². The van der Waals surface area contributed by atoms with Crippen LogP contribution in [-0.4, -0.2) is 21.1 Å². The normalized spacial score (nSPS) is 18.5. The number of thioether (sulfide) groups is 1. The summed E-state index contributed by atoms with van der Waals surface area (Å²) < 4.78 is 30.7. The molecule has 0 bridgehead atoms. The minimum Gasteiger partial charge on any atom is -0.330 e. The number of hydrogen-bond donors (Lipinski definition) is 1. The molecule has 8 heteroatoms. The van der Waals surface area contributed by atoms with Crippen LogP contribution in [0.25, 0.3) is 0 Å². The van der Waals surface area contributed by atoms with Crippen molar-refractivity contribution in [3.8, 4) is 0 Å². The van der Waals surface area contributed by atoms with Crippen molar-refractivity contribution in [3.05, 3.63) is 82.8 Å². The second-order valence-corrected chi connectivity index (χ2v) is 8.88. The van der Waals surface area contributed by atoms with Crippen molar-refractivity contribution in [1.29, 1.82) is 0 Å². The fourth-order valence-corrected chi connectivity index (χ4v) is 5.39. The average Bonchev–Trinajstić information content (AvgIpc) is 3.26. The molecule has 2 N–H and O–H groups in total. The third kappa shape index (κ3) is 3.74. The molecule has 1 aliphatic rings. The number of aromatic nitrogens is 2. The highest BCUT2D eigenvalue weighted by Crippen LogP contribution is 2.52. The van der Waals surface area contributed by atoms with E-state index < -0.39 is 16.5 Å². The molecule has 0 fully saturated rings. The lowest BCUT2D eigenvalue weighted by molar-refractivity contribution is 0.516. The molecular formula is C23H25F2N5S. The Morgan fingerprint density at radius 2 is 1.84 bits per heavy atom. The standard InChI is InChI=1S/C23H25F2N5S/c1-15-22(29(3)16(2)27-15)30-23(12-7-13-26,17-8-5-4-6-9-17)31-21(28-30)19-14-18(24)10-11-20(19)25/h4-6,8-11,14H,7,12-13,26H2,1-3H3. The van der Waals surface area contributed by atoms with Gasteiger partial charge in [0.25, 0.3) is 0 Å². The molecule has 1 atom stereocenters. The largest absolute Gasteiger partial charge is 0.330 e. The number of nitrogens with two attached hydrogens (primary N) is 1. The van der Waals surface area contributed by atoms with E-state index in [0.29, 0.717) is 18.0 Å². The Balaban J connectivity index is 1.95. The van der Waals surface area contributed by atoms with E-state index >= 15 is 0 Å². The predicted molar refractivity (Wildman–Crippen MR) is 122 cm³/mol. The molecule has 1 aliphatic heterocycles. The zero-order chi connectivity index (χ0) is 22.2. The molecule has 2 heterocycles. The van der Waals surface area contributed by atoms with E-state index in [2.05, 4.69) is 4.98 Å². The quantitative estimate of drug-likeness (QED) is 0.596. The van der Waals surface area contributed by atoms with Gasteiger partial charge in [-0.25, -0.2) is 18.8 Å². The molecule has 0 amide bonds. The first-order valence-electron chi connectivity index (χ1n) is 10.2. The second-order valence-electron chi connectivity index (χ2n) is 7.61. The molecule has 162 valence electrons. The Morgan fingerprint density at radius 1 is 1.10 bits per heavy atom. The van der Waals surface area contributed by atoms with Gasteiger partial charge in [-0.1, -0.05) is 42.1 Å². The van der Waals surface area contributed by atoms with Crippen molar-refractivity contribution in [3.63, 3.8) is 0 Å². The van der Waals surface area contributed by atoms with Crippen molar-refractivity contribution in [2.24, 2.45) is 17.9 Å². The summed E-state index contributed by atoms with van der Waals surface area (Å²) in [7, 11) is 1.93. The Labute approximate surface area is 185 Å². The fourth-order valence-electron chi connectivity index (χ4n) is 3.97. The van der Waals surface area contributed by atoms with Crippen LogP contribution in [0.1, 0.15) is 35.5 Å². The Hall–Kier alpha value is -2.71. The monoisotopic (exact) mass is 441 g/mol. The molecular weight excluding hydrogens is 416 g/mol. The first-order valence-corrected chi connectivity index (χ1v) is 11.0. The van der Waals surface area contributed by atoms with E-state index in [1.807, 2.05) is 60.8 Å². The van der Waals surface area contributed by atoms with Crippen LogP contribution in [0.5, 0.6) is 0 Å². The van der Waals surface area contributed by atoms with Crippen molar-refractivity contribution in [1.82, 2.24) is 9.55 Å². The summed E-state index contributed by atoms with van der Waals surface area (Å²) in [6.07, 6.45) is 1.41. The Bertz CT molecular complexity index is 1130. The van der Waals surface area contributed by atoms with Crippen molar-refractivity contribution >= 4 is 22.6 Å². The molecule has 5 nitrogen and oxygen atoms in total. The molecule has 3 aromatic rings. The van der Waals surface area contributed by atoms with Crippen LogP contribution in [-0.2, 0) is 11.9 Å². The van der Waals surface area contributed by atoms with E-state index in [0.717, 1.165) is 41.5 Å². The number of imidazole rings is 1. The second kappa shape index (κ2) is 8.43. The van der Waals surface area contributed by atoms with Crippen LogP contribution in [0.3, 0.4) is 0 Å². The summed E-state index contributed by atoms with van der Waals surface area (Å²) >= 11 is 1.43. The number of hydrogen-bond acceptors (Lipinski definition) is 5. The minimum absolute atomic E-state index is 0.150. The van der Waals surface area contributed by atoms with Crippen molar-refractivity contribution in [2.45, 2.75) is 31.6 Å². The van der Waals surface area contributed by atoms with E-state index in [1.54, 1.807) is 0 Å². The van der Waals surface area contributed by atoms with Gasteiger partial charge in [0, 0.05) is 12.6 Å². The van der Waals surface area contributed by atoms with Gasteiger partial charge in [0.2, 0.25) is 0 Å². The van der Waals surface area contributed by atoms with E-state index in [4.69, 9.17) is 10.8 Å². The highest BCUT2D eigenvalue weighted by atomic mass is 32.2. The maximum absolute atomic E-state index is 14.7. The Morgan fingerprint density at radius 3 is 2.48 bits per heavy atom. The fraction of sp³-hybridized carbons (Fsp3) is 0.304. The SMILES string of the molecule is Cc1nc(C)n(C)c1N1N=C(c2cc(F)ccc2F)SC1(CCCN)c1ccccc1. The zero-order valence-corrected chi connectivity index (χ0v) is 18.6. The van der Waals surface area contributed by atoms with Crippen LogP contribution in [0.4, 0.5) is 14.6 Å². The number of aryl methyl sites for hydroxylation is 2. The van der Waals surface area contributed by atoms with E-state index in [9.17, 15) is 8.78 Å². The van der Waals surface area contributed by atoms with Gasteiger partial charge < -0.3 is 10.3 Å². The minimum atomic E-state index is -0.667. The van der Waals surface area contributed by atoms with Gasteiger partial charge in [-0.2, -0.15) is 5.10 Å². The van der Waals surface area contributed by atoms with Crippen LogP contribution < -0.4 is 10.7 Å². The summed E-state index contributed by atoms with van der Waals surface area (Å²) in [4.78, 5) is 3.94. The van der Waals surface area contributed by atoms with Gasteiger partial charge in [-0.15, -0.1) is 0 Å². The summed E-state index contributed by atoms with van der Waals surface area (Å²) in [6, 6.07) is 13.4. The third-order valence-corrected chi connectivity index (χ3v) is 7.00. The number of hydrazone groups is 1. The molecule has 1 unspecified atom stereocenters. The summed E-state index contributed by atoms with van der Waals surface area (Å²) in [5.74, 6) is 0.655. The van der Waals surface area contributed by atoms with Crippen molar-refractivity contribution in [2.75, 3.05) is 11.6 Å². The third-order valence-electron chi connectivity index (χ3n) is 5.56. The van der Waals surface area contributed by atoms with E-state index in [-0.39, 0.29) is 5.56 Å². The summed E-state index contributed by atoms with van der Waals surface area (Å²) in [6.45, 7) is 4.37. The maximum Gasteiger partial charge on any atom is 0.154 e.